The van der Waals surface area contributed by atoms with Crippen LogP contribution in [0.2, 0.25) is 0 Å². The second kappa shape index (κ2) is 7.63. The molecule has 1 fully saturated rings. The summed E-state index contributed by atoms with van der Waals surface area (Å²) in [6.07, 6.45) is 6.39. The third kappa shape index (κ3) is 6.08. The second-order valence-electron chi connectivity index (χ2n) is 4.56. The van der Waals surface area contributed by atoms with Gasteiger partial charge in [-0.3, -0.25) is 4.79 Å². The highest BCUT2D eigenvalue weighted by Gasteiger charge is 2.14. The summed E-state index contributed by atoms with van der Waals surface area (Å²) < 4.78 is 5.70. The third-order valence-corrected chi connectivity index (χ3v) is 3.04. The van der Waals surface area contributed by atoms with Gasteiger partial charge < -0.3 is 15.2 Å². The highest BCUT2D eigenvalue weighted by molar-refractivity contribution is 5.66. The van der Waals surface area contributed by atoms with Crippen LogP contribution in [-0.4, -0.2) is 36.4 Å². The van der Waals surface area contributed by atoms with E-state index >= 15 is 0 Å². The SMILES string of the molecule is CC(CCC(=O)O)NCCOC1CCCC1. The van der Waals surface area contributed by atoms with Gasteiger partial charge in [0.1, 0.15) is 0 Å². The lowest BCUT2D eigenvalue weighted by atomic mass is 10.2. The number of hydrogen-bond donors (Lipinski definition) is 2. The van der Waals surface area contributed by atoms with Crippen molar-refractivity contribution in [3.63, 3.8) is 0 Å². The Labute approximate surface area is 97.4 Å². The van der Waals surface area contributed by atoms with Crippen molar-refractivity contribution in [2.24, 2.45) is 0 Å². The summed E-state index contributed by atoms with van der Waals surface area (Å²) in [6, 6.07) is 0.253. The van der Waals surface area contributed by atoms with Crippen LogP contribution in [-0.2, 0) is 9.53 Å². The molecule has 2 N–H and O–H groups in total. The number of rotatable bonds is 8. The number of carboxylic acid groups (broad SMARTS) is 1. The Balaban J connectivity index is 1.91. The normalized spacial score (nSPS) is 18.8. The van der Waals surface area contributed by atoms with E-state index in [0.717, 1.165) is 13.2 Å². The number of nitrogens with one attached hydrogen (secondary N) is 1. The minimum absolute atomic E-state index is 0.234. The van der Waals surface area contributed by atoms with Gasteiger partial charge in [0.05, 0.1) is 12.7 Å². The van der Waals surface area contributed by atoms with Crippen LogP contribution in [0.4, 0.5) is 0 Å². The molecule has 0 aliphatic heterocycles. The fourth-order valence-electron chi connectivity index (χ4n) is 2.03. The summed E-state index contributed by atoms with van der Waals surface area (Å²) in [7, 11) is 0. The lowest BCUT2D eigenvalue weighted by molar-refractivity contribution is -0.137. The van der Waals surface area contributed by atoms with Gasteiger partial charge in [0.2, 0.25) is 0 Å². The predicted molar refractivity (Wildman–Crippen MR) is 62.5 cm³/mol. The van der Waals surface area contributed by atoms with Crippen LogP contribution in [0, 0.1) is 0 Å². The zero-order chi connectivity index (χ0) is 11.8. The predicted octanol–water partition coefficient (Wildman–Crippen LogP) is 1.79. The molecule has 4 nitrogen and oxygen atoms in total. The van der Waals surface area contributed by atoms with Crippen molar-refractivity contribution in [3.8, 4) is 0 Å². The van der Waals surface area contributed by atoms with Crippen molar-refractivity contribution >= 4 is 5.97 Å². The van der Waals surface area contributed by atoms with Gasteiger partial charge in [0, 0.05) is 19.0 Å². The van der Waals surface area contributed by atoms with E-state index in [1.54, 1.807) is 0 Å². The lowest BCUT2D eigenvalue weighted by Gasteiger charge is -2.15. The van der Waals surface area contributed by atoms with Crippen LogP contribution in [0.15, 0.2) is 0 Å². The van der Waals surface area contributed by atoms with E-state index in [2.05, 4.69) is 5.32 Å². The first kappa shape index (κ1) is 13.5. The zero-order valence-corrected chi connectivity index (χ0v) is 10.1. The Morgan fingerprint density at radius 1 is 1.50 bits per heavy atom. The molecule has 0 aromatic carbocycles. The zero-order valence-electron chi connectivity index (χ0n) is 10.1. The first-order valence-electron chi connectivity index (χ1n) is 6.25. The molecule has 0 radical (unpaired) electrons. The van der Waals surface area contributed by atoms with Crippen LogP contribution in [0.1, 0.15) is 45.4 Å². The molecule has 4 heteroatoms. The smallest absolute Gasteiger partial charge is 0.303 e. The Morgan fingerprint density at radius 3 is 2.81 bits per heavy atom. The highest BCUT2D eigenvalue weighted by atomic mass is 16.5. The van der Waals surface area contributed by atoms with Crippen molar-refractivity contribution in [3.05, 3.63) is 0 Å². The van der Waals surface area contributed by atoms with E-state index in [-0.39, 0.29) is 12.5 Å². The van der Waals surface area contributed by atoms with Crippen molar-refractivity contribution in [1.29, 1.82) is 0 Å². The second-order valence-corrected chi connectivity index (χ2v) is 4.56. The minimum atomic E-state index is -0.726. The molecule has 1 aliphatic carbocycles. The summed E-state index contributed by atoms with van der Waals surface area (Å²) >= 11 is 0. The van der Waals surface area contributed by atoms with Gasteiger partial charge in [-0.05, 0) is 26.2 Å². The topological polar surface area (TPSA) is 58.6 Å². The Bertz CT molecular complexity index is 202. The van der Waals surface area contributed by atoms with Crippen LogP contribution >= 0.6 is 0 Å². The quantitative estimate of drug-likeness (QED) is 0.623. The molecular weight excluding hydrogens is 206 g/mol. The summed E-state index contributed by atoms with van der Waals surface area (Å²) in [5, 5.41) is 11.8. The number of hydrogen-bond acceptors (Lipinski definition) is 3. The summed E-state index contributed by atoms with van der Waals surface area (Å²) in [6.45, 7) is 3.57. The number of ether oxygens (including phenoxy) is 1. The minimum Gasteiger partial charge on any atom is -0.481 e. The fourth-order valence-corrected chi connectivity index (χ4v) is 2.03. The molecule has 0 heterocycles. The van der Waals surface area contributed by atoms with E-state index in [0.29, 0.717) is 12.5 Å². The molecule has 16 heavy (non-hydrogen) atoms. The monoisotopic (exact) mass is 229 g/mol. The molecule has 0 amide bonds. The molecular formula is C12H23NO3. The van der Waals surface area contributed by atoms with Crippen LogP contribution < -0.4 is 5.32 Å². The van der Waals surface area contributed by atoms with Gasteiger partial charge in [0.15, 0.2) is 0 Å². The third-order valence-electron chi connectivity index (χ3n) is 3.04. The van der Waals surface area contributed by atoms with Gasteiger partial charge in [-0.25, -0.2) is 0 Å². The molecule has 0 bridgehead atoms. The Kier molecular flexibility index (Phi) is 6.42. The van der Waals surface area contributed by atoms with E-state index in [1.807, 2.05) is 6.92 Å². The molecule has 1 aliphatic rings. The van der Waals surface area contributed by atoms with E-state index in [4.69, 9.17) is 9.84 Å². The summed E-state index contributed by atoms with van der Waals surface area (Å²) in [5.41, 5.74) is 0. The molecule has 1 rings (SSSR count). The van der Waals surface area contributed by atoms with Crippen LogP contribution in [0.5, 0.6) is 0 Å². The molecule has 1 unspecified atom stereocenters. The highest BCUT2D eigenvalue weighted by Crippen LogP contribution is 2.20. The maximum Gasteiger partial charge on any atom is 0.303 e. The largest absolute Gasteiger partial charge is 0.481 e. The maximum atomic E-state index is 10.4. The number of carbonyl (C=O) groups is 1. The van der Waals surface area contributed by atoms with Crippen molar-refractivity contribution in [2.45, 2.75) is 57.6 Å². The molecule has 94 valence electrons. The van der Waals surface area contributed by atoms with Gasteiger partial charge in [0.25, 0.3) is 0 Å². The van der Waals surface area contributed by atoms with Gasteiger partial charge in [-0.1, -0.05) is 12.8 Å². The van der Waals surface area contributed by atoms with E-state index < -0.39 is 5.97 Å². The first-order chi connectivity index (χ1) is 7.68. The Hall–Kier alpha value is -0.610. The first-order valence-corrected chi connectivity index (χ1v) is 6.25. The molecule has 0 aromatic rings. The van der Waals surface area contributed by atoms with Crippen LogP contribution in [0.25, 0.3) is 0 Å². The average molecular weight is 229 g/mol. The van der Waals surface area contributed by atoms with Crippen LogP contribution in [0.3, 0.4) is 0 Å². The molecule has 1 atom stereocenters. The standard InChI is InChI=1S/C12H23NO3/c1-10(6-7-12(14)15)13-8-9-16-11-4-2-3-5-11/h10-11,13H,2-9H2,1H3,(H,14,15). The molecule has 1 saturated carbocycles. The van der Waals surface area contributed by atoms with Gasteiger partial charge >= 0.3 is 5.97 Å². The fraction of sp³-hybridized carbons (Fsp3) is 0.917. The Morgan fingerprint density at radius 2 is 2.19 bits per heavy atom. The number of carboxylic acids is 1. The maximum absolute atomic E-state index is 10.4. The van der Waals surface area contributed by atoms with Gasteiger partial charge in [-0.15, -0.1) is 0 Å². The summed E-state index contributed by atoms with van der Waals surface area (Å²) in [4.78, 5) is 10.4. The average Bonchev–Trinajstić information content (AvgIpc) is 2.74. The van der Waals surface area contributed by atoms with Crippen molar-refractivity contribution in [2.75, 3.05) is 13.2 Å². The molecule has 0 aromatic heterocycles. The summed E-state index contributed by atoms with van der Waals surface area (Å²) in [5.74, 6) is -0.726. The lowest BCUT2D eigenvalue weighted by Crippen LogP contribution is -2.30. The molecule has 0 spiro atoms. The van der Waals surface area contributed by atoms with Crippen molar-refractivity contribution in [1.82, 2.24) is 5.32 Å². The van der Waals surface area contributed by atoms with E-state index in [1.165, 1.54) is 25.7 Å². The van der Waals surface area contributed by atoms with Gasteiger partial charge in [-0.2, -0.15) is 0 Å². The van der Waals surface area contributed by atoms with Crippen molar-refractivity contribution < 1.29 is 14.6 Å². The van der Waals surface area contributed by atoms with E-state index in [9.17, 15) is 4.79 Å². The number of aliphatic carboxylic acids is 1. The molecule has 0 saturated heterocycles.